The van der Waals surface area contributed by atoms with E-state index in [1.165, 1.54) is 0 Å². The Bertz CT molecular complexity index is 756. The van der Waals surface area contributed by atoms with E-state index in [0.29, 0.717) is 24.4 Å². The van der Waals surface area contributed by atoms with Crippen LogP contribution in [0.25, 0.3) is 11.1 Å². The number of hydrogen-bond acceptors (Lipinski definition) is 3. The molecule has 156 valence electrons. The Labute approximate surface area is 175 Å². The van der Waals surface area contributed by atoms with Crippen LogP contribution in [0.5, 0.6) is 11.5 Å². The summed E-state index contributed by atoms with van der Waals surface area (Å²) in [6.45, 7) is 8.16. The summed E-state index contributed by atoms with van der Waals surface area (Å²) in [5.74, 6) is 2.44. The number of aliphatic hydroxyl groups is 2. The molecule has 3 heteroatoms. The van der Waals surface area contributed by atoms with Gasteiger partial charge in [0.2, 0.25) is 0 Å². The Kier molecular flexibility index (Phi) is 8.85. The van der Waals surface area contributed by atoms with Crippen molar-refractivity contribution in [3.05, 3.63) is 71.2 Å². The van der Waals surface area contributed by atoms with Gasteiger partial charge in [0.15, 0.2) is 0 Å². The molecule has 0 aliphatic heterocycles. The molecule has 29 heavy (non-hydrogen) atoms. The first-order valence-corrected chi connectivity index (χ1v) is 10.7. The van der Waals surface area contributed by atoms with Crippen LogP contribution >= 0.6 is 0 Å². The highest BCUT2D eigenvalue weighted by molar-refractivity contribution is 5.68. The lowest BCUT2D eigenvalue weighted by molar-refractivity contribution is 0.395. The standard InChI is InChI=1S/C26H34O3/c1-5-9-23(25(27)7-3)19-11-15-21(16-12-19)29-22-17-13-20(14-18-22)24(10-6-2)26(28)8-4/h11-18,27-28H,5-10H2,1-4H3/b25-23-,26-24-. The fourth-order valence-electron chi connectivity index (χ4n) is 3.42. The van der Waals surface area contributed by atoms with E-state index >= 15 is 0 Å². The first-order valence-electron chi connectivity index (χ1n) is 10.7. The summed E-state index contributed by atoms with van der Waals surface area (Å²) in [4.78, 5) is 0. The molecule has 0 radical (unpaired) electrons. The van der Waals surface area contributed by atoms with Crippen LogP contribution in [-0.4, -0.2) is 10.2 Å². The molecule has 0 fully saturated rings. The summed E-state index contributed by atoms with van der Waals surface area (Å²) >= 11 is 0. The lowest BCUT2D eigenvalue weighted by atomic mass is 9.99. The maximum Gasteiger partial charge on any atom is 0.127 e. The molecule has 2 aromatic carbocycles. The van der Waals surface area contributed by atoms with Gasteiger partial charge in [-0.2, -0.15) is 0 Å². The predicted molar refractivity (Wildman–Crippen MR) is 122 cm³/mol. The molecular formula is C26H34O3. The number of aliphatic hydroxyl groups excluding tert-OH is 2. The van der Waals surface area contributed by atoms with E-state index in [9.17, 15) is 10.2 Å². The maximum absolute atomic E-state index is 10.2. The van der Waals surface area contributed by atoms with Crippen LogP contribution in [0, 0.1) is 0 Å². The van der Waals surface area contributed by atoms with E-state index in [1.54, 1.807) is 0 Å². The third kappa shape index (κ3) is 6.15. The second-order valence-electron chi connectivity index (χ2n) is 7.21. The largest absolute Gasteiger partial charge is 0.512 e. The number of benzene rings is 2. The first-order chi connectivity index (χ1) is 14.0. The highest BCUT2D eigenvalue weighted by atomic mass is 16.5. The van der Waals surface area contributed by atoms with Gasteiger partial charge in [-0.15, -0.1) is 0 Å². The zero-order valence-electron chi connectivity index (χ0n) is 18.2. The maximum atomic E-state index is 10.2. The second-order valence-corrected chi connectivity index (χ2v) is 7.21. The summed E-state index contributed by atoms with van der Waals surface area (Å²) in [5, 5.41) is 20.4. The van der Waals surface area contributed by atoms with Crippen LogP contribution in [0.4, 0.5) is 0 Å². The minimum absolute atomic E-state index is 0.461. The van der Waals surface area contributed by atoms with Crippen LogP contribution in [0.1, 0.15) is 77.3 Å². The van der Waals surface area contributed by atoms with Crippen LogP contribution in [-0.2, 0) is 0 Å². The molecule has 2 rings (SSSR count). The molecule has 0 amide bonds. The summed E-state index contributed by atoms with van der Waals surface area (Å²) in [7, 11) is 0. The molecule has 0 saturated carbocycles. The van der Waals surface area contributed by atoms with Gasteiger partial charge in [0.25, 0.3) is 0 Å². The normalized spacial score (nSPS) is 13.0. The average Bonchev–Trinajstić information content (AvgIpc) is 2.76. The Balaban J connectivity index is 2.16. The van der Waals surface area contributed by atoms with Crippen molar-refractivity contribution in [1.82, 2.24) is 0 Å². The van der Waals surface area contributed by atoms with Crippen molar-refractivity contribution in [2.45, 2.75) is 66.2 Å². The fraction of sp³-hybridized carbons (Fsp3) is 0.385. The lowest BCUT2D eigenvalue weighted by Gasteiger charge is -2.12. The topological polar surface area (TPSA) is 49.7 Å². The molecule has 0 unspecified atom stereocenters. The monoisotopic (exact) mass is 394 g/mol. The lowest BCUT2D eigenvalue weighted by Crippen LogP contribution is -1.93. The molecule has 0 heterocycles. The van der Waals surface area contributed by atoms with Gasteiger partial charge in [0.1, 0.15) is 11.5 Å². The van der Waals surface area contributed by atoms with Crippen LogP contribution in [0.15, 0.2) is 60.0 Å². The SMILES string of the molecule is CCC/C(=C(/O)CC)c1ccc(Oc2ccc(/C(CCC)=C(\O)CC)cc2)cc1. The van der Waals surface area contributed by atoms with E-state index in [4.69, 9.17) is 4.74 Å². The smallest absolute Gasteiger partial charge is 0.127 e. The van der Waals surface area contributed by atoms with Gasteiger partial charge < -0.3 is 14.9 Å². The summed E-state index contributed by atoms with van der Waals surface area (Å²) < 4.78 is 5.98. The zero-order chi connectivity index (χ0) is 21.2. The first kappa shape index (κ1) is 22.6. The molecule has 0 aliphatic rings. The number of hydrogen-bond donors (Lipinski definition) is 2. The number of rotatable bonds is 10. The quantitative estimate of drug-likeness (QED) is 0.397. The average molecular weight is 395 g/mol. The van der Waals surface area contributed by atoms with Gasteiger partial charge in [-0.05, 0) is 59.4 Å². The van der Waals surface area contributed by atoms with Crippen LogP contribution in [0.2, 0.25) is 0 Å². The van der Waals surface area contributed by atoms with Gasteiger partial charge in [-0.25, -0.2) is 0 Å². The van der Waals surface area contributed by atoms with Gasteiger partial charge in [-0.1, -0.05) is 64.8 Å². The number of allylic oxidation sites excluding steroid dienone is 4. The molecule has 0 saturated heterocycles. The van der Waals surface area contributed by atoms with Crippen molar-refractivity contribution in [3.63, 3.8) is 0 Å². The van der Waals surface area contributed by atoms with E-state index in [2.05, 4.69) is 13.8 Å². The van der Waals surface area contributed by atoms with E-state index in [0.717, 1.165) is 59.5 Å². The van der Waals surface area contributed by atoms with E-state index < -0.39 is 0 Å². The molecule has 0 bridgehead atoms. The van der Waals surface area contributed by atoms with Crippen molar-refractivity contribution in [2.75, 3.05) is 0 Å². The van der Waals surface area contributed by atoms with Crippen molar-refractivity contribution in [1.29, 1.82) is 0 Å². The predicted octanol–water partition coefficient (Wildman–Crippen LogP) is 8.44. The summed E-state index contributed by atoms with van der Waals surface area (Å²) in [6.07, 6.45) is 4.99. The van der Waals surface area contributed by atoms with Gasteiger partial charge in [0, 0.05) is 12.8 Å². The number of ether oxygens (including phenoxy) is 1. The highest BCUT2D eigenvalue weighted by Crippen LogP contribution is 2.30. The molecule has 2 N–H and O–H groups in total. The Morgan fingerprint density at radius 2 is 0.966 bits per heavy atom. The minimum Gasteiger partial charge on any atom is -0.512 e. The van der Waals surface area contributed by atoms with Crippen molar-refractivity contribution in [3.8, 4) is 11.5 Å². The molecular weight excluding hydrogens is 360 g/mol. The van der Waals surface area contributed by atoms with Gasteiger partial charge in [0.05, 0.1) is 11.5 Å². The van der Waals surface area contributed by atoms with Gasteiger partial charge in [-0.3, -0.25) is 0 Å². The molecule has 2 aromatic rings. The molecule has 0 aliphatic carbocycles. The molecule has 3 nitrogen and oxygen atoms in total. The Morgan fingerprint density at radius 3 is 1.24 bits per heavy atom. The Morgan fingerprint density at radius 1 is 0.621 bits per heavy atom. The van der Waals surface area contributed by atoms with Crippen LogP contribution < -0.4 is 4.74 Å². The van der Waals surface area contributed by atoms with E-state index in [1.807, 2.05) is 62.4 Å². The van der Waals surface area contributed by atoms with Gasteiger partial charge >= 0.3 is 0 Å². The van der Waals surface area contributed by atoms with Crippen molar-refractivity contribution in [2.24, 2.45) is 0 Å². The van der Waals surface area contributed by atoms with E-state index in [-0.39, 0.29) is 0 Å². The Hall–Kier alpha value is -2.68. The second kappa shape index (κ2) is 11.4. The third-order valence-electron chi connectivity index (χ3n) is 5.01. The van der Waals surface area contributed by atoms with Crippen molar-refractivity contribution < 1.29 is 14.9 Å². The zero-order valence-corrected chi connectivity index (χ0v) is 18.2. The van der Waals surface area contributed by atoms with Crippen molar-refractivity contribution >= 4 is 11.1 Å². The summed E-state index contributed by atoms with van der Waals surface area (Å²) in [6, 6.07) is 15.8. The molecule has 0 atom stereocenters. The third-order valence-corrected chi connectivity index (χ3v) is 5.01. The van der Waals surface area contributed by atoms with Crippen LogP contribution in [0.3, 0.4) is 0 Å². The highest BCUT2D eigenvalue weighted by Gasteiger charge is 2.09. The molecule has 0 aromatic heterocycles. The summed E-state index contributed by atoms with van der Waals surface area (Å²) in [5.41, 5.74) is 4.10. The minimum atomic E-state index is 0.461. The fourth-order valence-corrected chi connectivity index (χ4v) is 3.42. The molecule has 0 spiro atoms.